The molecule has 1 aromatic heterocycles. The van der Waals surface area contributed by atoms with Crippen molar-refractivity contribution in [2.24, 2.45) is 0 Å². The van der Waals surface area contributed by atoms with Crippen molar-refractivity contribution in [3.63, 3.8) is 0 Å². The zero-order valence-electron chi connectivity index (χ0n) is 10.5. The second-order valence-electron chi connectivity index (χ2n) is 4.01. The van der Waals surface area contributed by atoms with Crippen LogP contribution >= 0.6 is 27.3 Å². The Hall–Kier alpha value is -1.93. The smallest absolute Gasteiger partial charge is 0.338 e. The minimum Gasteiger partial charge on any atom is -0.478 e. The zero-order valence-corrected chi connectivity index (χ0v) is 12.9. The van der Waals surface area contributed by atoms with E-state index in [0.29, 0.717) is 6.54 Å². The van der Waals surface area contributed by atoms with Crippen LogP contribution in [0.5, 0.6) is 0 Å². The van der Waals surface area contributed by atoms with Crippen LogP contribution in [0.2, 0.25) is 0 Å². The molecule has 1 aromatic carbocycles. The second-order valence-corrected chi connectivity index (χ2v) is 6.56. The normalized spacial score (nSPS) is 10.2. The van der Waals surface area contributed by atoms with E-state index in [1.165, 1.54) is 17.4 Å². The van der Waals surface area contributed by atoms with Crippen molar-refractivity contribution in [2.75, 3.05) is 5.32 Å². The summed E-state index contributed by atoms with van der Waals surface area (Å²) in [7, 11) is 0. The summed E-state index contributed by atoms with van der Waals surface area (Å²) in [4.78, 5) is 23.3. The number of aromatic carboxylic acids is 1. The van der Waals surface area contributed by atoms with E-state index < -0.39 is 23.4 Å². The molecule has 0 unspecified atom stereocenters. The van der Waals surface area contributed by atoms with Crippen molar-refractivity contribution >= 4 is 45.0 Å². The molecule has 0 aliphatic rings. The number of benzene rings is 1. The van der Waals surface area contributed by atoms with E-state index in [0.717, 1.165) is 20.8 Å². The third-order valence-electron chi connectivity index (χ3n) is 2.51. The summed E-state index contributed by atoms with van der Waals surface area (Å²) in [5, 5.41) is 13.8. The van der Waals surface area contributed by atoms with Gasteiger partial charge >= 0.3 is 12.0 Å². The summed E-state index contributed by atoms with van der Waals surface area (Å²) in [5.41, 5.74) is -0.258. The average molecular weight is 373 g/mol. The SMILES string of the molecule is O=C(NCc1ccc(Br)s1)Nc1ccc(C(=O)O)c(F)c1. The zero-order chi connectivity index (χ0) is 15.4. The average Bonchev–Trinajstić information content (AvgIpc) is 2.82. The number of halogens is 2. The van der Waals surface area contributed by atoms with Gasteiger partial charge < -0.3 is 15.7 Å². The first kappa shape index (κ1) is 15.5. The lowest BCUT2D eigenvalue weighted by Crippen LogP contribution is -2.27. The van der Waals surface area contributed by atoms with Gasteiger partial charge in [-0.1, -0.05) is 0 Å². The van der Waals surface area contributed by atoms with Crippen LogP contribution in [0.1, 0.15) is 15.2 Å². The Morgan fingerprint density at radius 1 is 1.29 bits per heavy atom. The minimum absolute atomic E-state index is 0.183. The predicted octanol–water partition coefficient (Wildman–Crippen LogP) is 3.67. The molecule has 0 fully saturated rings. The molecule has 0 atom stereocenters. The van der Waals surface area contributed by atoms with Crippen LogP contribution in [0.3, 0.4) is 0 Å². The van der Waals surface area contributed by atoms with Gasteiger partial charge in [-0.15, -0.1) is 11.3 Å². The van der Waals surface area contributed by atoms with Crippen molar-refractivity contribution in [3.05, 3.63) is 50.4 Å². The van der Waals surface area contributed by atoms with Crippen molar-refractivity contribution in [3.8, 4) is 0 Å². The fraction of sp³-hybridized carbons (Fsp3) is 0.0769. The van der Waals surface area contributed by atoms with Gasteiger partial charge in [0.05, 0.1) is 15.9 Å². The van der Waals surface area contributed by atoms with Crippen molar-refractivity contribution in [1.29, 1.82) is 0 Å². The van der Waals surface area contributed by atoms with Gasteiger partial charge in [0.2, 0.25) is 0 Å². The third kappa shape index (κ3) is 4.27. The van der Waals surface area contributed by atoms with Crippen molar-refractivity contribution in [1.82, 2.24) is 5.32 Å². The number of carboxylic acids is 1. The molecule has 2 aromatic rings. The molecule has 8 heteroatoms. The first-order chi connectivity index (χ1) is 9.95. The van der Waals surface area contributed by atoms with E-state index in [2.05, 4.69) is 26.6 Å². The Morgan fingerprint density at radius 2 is 2.05 bits per heavy atom. The van der Waals surface area contributed by atoms with Crippen LogP contribution in [0.25, 0.3) is 0 Å². The number of carboxylic acid groups (broad SMARTS) is 1. The van der Waals surface area contributed by atoms with Crippen LogP contribution < -0.4 is 10.6 Å². The standard InChI is InChI=1S/C13H10BrFN2O3S/c14-11-4-2-8(21-11)6-16-13(20)17-7-1-3-9(12(18)19)10(15)5-7/h1-5H,6H2,(H,18,19)(H2,16,17,20). The molecule has 5 nitrogen and oxygen atoms in total. The molecule has 2 amide bonds. The largest absolute Gasteiger partial charge is 0.478 e. The molecule has 0 aliphatic heterocycles. The number of amides is 2. The lowest BCUT2D eigenvalue weighted by Gasteiger charge is -2.07. The van der Waals surface area contributed by atoms with Gasteiger partial charge in [-0.3, -0.25) is 0 Å². The number of thiophene rings is 1. The van der Waals surface area contributed by atoms with E-state index in [-0.39, 0.29) is 5.69 Å². The Kier molecular flexibility index (Phi) is 4.92. The van der Waals surface area contributed by atoms with E-state index in [4.69, 9.17) is 5.11 Å². The van der Waals surface area contributed by atoms with Crippen molar-refractivity contribution < 1.29 is 19.1 Å². The molecule has 21 heavy (non-hydrogen) atoms. The molecule has 0 radical (unpaired) electrons. The van der Waals surface area contributed by atoms with Crippen LogP contribution in [0.15, 0.2) is 34.1 Å². The van der Waals surface area contributed by atoms with E-state index in [1.54, 1.807) is 0 Å². The van der Waals surface area contributed by atoms with Gasteiger partial charge in [0.25, 0.3) is 0 Å². The Morgan fingerprint density at radius 3 is 2.62 bits per heavy atom. The summed E-state index contributed by atoms with van der Waals surface area (Å²) in [6, 6.07) is 6.64. The maximum absolute atomic E-state index is 13.4. The fourth-order valence-corrected chi connectivity index (χ4v) is 2.98. The number of hydrogen-bond acceptors (Lipinski definition) is 3. The molecule has 0 saturated carbocycles. The van der Waals surface area contributed by atoms with E-state index in [1.807, 2.05) is 12.1 Å². The monoisotopic (exact) mass is 372 g/mol. The first-order valence-electron chi connectivity index (χ1n) is 5.77. The topological polar surface area (TPSA) is 78.4 Å². The number of anilines is 1. The maximum atomic E-state index is 13.4. The number of carbonyl (C=O) groups excluding carboxylic acids is 1. The molecule has 3 N–H and O–H groups in total. The Balaban J connectivity index is 1.93. The van der Waals surface area contributed by atoms with Crippen LogP contribution in [0, 0.1) is 5.82 Å². The third-order valence-corrected chi connectivity index (χ3v) is 4.13. The number of rotatable bonds is 4. The van der Waals surface area contributed by atoms with Crippen molar-refractivity contribution in [2.45, 2.75) is 6.54 Å². The molecule has 110 valence electrons. The molecule has 2 rings (SSSR count). The number of hydrogen-bond donors (Lipinski definition) is 3. The first-order valence-corrected chi connectivity index (χ1v) is 7.38. The Labute approximate surface area is 131 Å². The summed E-state index contributed by atoms with van der Waals surface area (Å²) in [6.45, 7) is 0.345. The summed E-state index contributed by atoms with van der Waals surface area (Å²) < 4.78 is 14.4. The molecule has 0 bridgehead atoms. The molecule has 1 heterocycles. The Bertz CT molecular complexity index is 690. The second kappa shape index (κ2) is 6.68. The summed E-state index contributed by atoms with van der Waals surface area (Å²) >= 11 is 4.81. The number of urea groups is 1. The summed E-state index contributed by atoms with van der Waals surface area (Å²) in [6.07, 6.45) is 0. The van der Waals surface area contributed by atoms with Gasteiger partial charge in [-0.25, -0.2) is 14.0 Å². The highest BCUT2D eigenvalue weighted by atomic mass is 79.9. The van der Waals surface area contributed by atoms with Crippen LogP contribution in [-0.2, 0) is 6.54 Å². The van der Waals surface area contributed by atoms with Gasteiger partial charge in [-0.05, 0) is 46.3 Å². The van der Waals surface area contributed by atoms with Gasteiger partial charge in [-0.2, -0.15) is 0 Å². The lowest BCUT2D eigenvalue weighted by atomic mass is 10.2. The fourth-order valence-electron chi connectivity index (χ4n) is 1.56. The molecular weight excluding hydrogens is 363 g/mol. The number of carbonyl (C=O) groups is 2. The molecular formula is C13H10BrFN2O3S. The van der Waals surface area contributed by atoms with Gasteiger partial charge in [0.15, 0.2) is 0 Å². The highest BCUT2D eigenvalue weighted by Crippen LogP contribution is 2.21. The van der Waals surface area contributed by atoms with Gasteiger partial charge in [0, 0.05) is 10.6 Å². The quantitative estimate of drug-likeness (QED) is 0.765. The predicted molar refractivity (Wildman–Crippen MR) is 81.2 cm³/mol. The number of nitrogens with one attached hydrogen (secondary N) is 2. The van der Waals surface area contributed by atoms with E-state index in [9.17, 15) is 14.0 Å². The van der Waals surface area contributed by atoms with Gasteiger partial charge in [0.1, 0.15) is 5.82 Å². The highest BCUT2D eigenvalue weighted by molar-refractivity contribution is 9.11. The molecule has 0 aliphatic carbocycles. The van der Waals surface area contributed by atoms with Crippen LogP contribution in [-0.4, -0.2) is 17.1 Å². The minimum atomic E-state index is -1.35. The maximum Gasteiger partial charge on any atom is 0.338 e. The summed E-state index contributed by atoms with van der Waals surface area (Å²) in [5.74, 6) is -2.26. The van der Waals surface area contributed by atoms with Crippen LogP contribution in [0.4, 0.5) is 14.9 Å². The molecule has 0 saturated heterocycles. The lowest BCUT2D eigenvalue weighted by molar-refractivity contribution is 0.0692. The van der Waals surface area contributed by atoms with E-state index >= 15 is 0 Å². The highest BCUT2D eigenvalue weighted by Gasteiger charge is 2.11. The molecule has 0 spiro atoms.